The number of H-pyrrole nitrogens is 1. The lowest BCUT2D eigenvalue weighted by Gasteiger charge is -2.35. The van der Waals surface area contributed by atoms with Crippen LogP contribution in [0.25, 0.3) is 11.0 Å². The summed E-state index contributed by atoms with van der Waals surface area (Å²) in [5.74, 6) is -0.00101. The van der Waals surface area contributed by atoms with Gasteiger partial charge < -0.3 is 20.4 Å². The average Bonchev–Trinajstić information content (AvgIpc) is 3.51. The van der Waals surface area contributed by atoms with Crippen LogP contribution in [0.2, 0.25) is 0 Å². The molecule has 4 heterocycles. The lowest BCUT2D eigenvalue weighted by Crippen LogP contribution is -2.53. The molecule has 1 saturated heterocycles. The van der Waals surface area contributed by atoms with Crippen molar-refractivity contribution in [2.75, 3.05) is 26.2 Å². The lowest BCUT2D eigenvalue weighted by molar-refractivity contribution is -0.134. The second kappa shape index (κ2) is 10.1. The number of benzene rings is 1. The highest BCUT2D eigenvalue weighted by molar-refractivity contribution is 7.03. The molecule has 0 saturated carbocycles. The summed E-state index contributed by atoms with van der Waals surface area (Å²) in [6.45, 7) is 5.37. The number of nitrogens with two attached hydrogens (primary N) is 1. The van der Waals surface area contributed by atoms with Gasteiger partial charge in [0.05, 0.1) is 17.1 Å². The molecular formula is C24H26FN7O2S. The zero-order valence-electron chi connectivity index (χ0n) is 19.3. The fourth-order valence-corrected chi connectivity index (χ4v) is 4.77. The molecular weight excluding hydrogens is 469 g/mol. The number of carbonyl (C=O) groups excluding carboxylic acids is 1. The van der Waals surface area contributed by atoms with Crippen molar-refractivity contribution in [3.05, 3.63) is 64.7 Å². The number of aromatic amines is 1. The summed E-state index contributed by atoms with van der Waals surface area (Å²) in [5, 5.41) is 6.82. The van der Waals surface area contributed by atoms with E-state index in [1.807, 2.05) is 18.5 Å². The van der Waals surface area contributed by atoms with Crippen LogP contribution >= 0.6 is 11.5 Å². The highest BCUT2D eigenvalue weighted by atomic mass is 32.1. The second-order valence-corrected chi connectivity index (χ2v) is 9.29. The van der Waals surface area contributed by atoms with E-state index in [1.54, 1.807) is 29.3 Å². The third kappa shape index (κ3) is 5.16. The number of pyridine rings is 1. The first-order valence-electron chi connectivity index (χ1n) is 11.4. The van der Waals surface area contributed by atoms with Crippen LogP contribution in [0.5, 0.6) is 11.5 Å². The fourth-order valence-electron chi connectivity index (χ4n) is 4.33. The minimum absolute atomic E-state index is 0.105. The molecule has 0 spiro atoms. The molecule has 5 rings (SSSR count). The topological polar surface area (TPSA) is 113 Å². The molecule has 9 nitrogen and oxygen atoms in total. The molecule has 1 unspecified atom stereocenters. The number of rotatable bonds is 7. The molecule has 3 aromatic heterocycles. The smallest absolute Gasteiger partial charge is 0.239 e. The summed E-state index contributed by atoms with van der Waals surface area (Å²) in [6.07, 6.45) is 3.69. The minimum Gasteiger partial charge on any atom is -0.453 e. The summed E-state index contributed by atoms with van der Waals surface area (Å²) in [4.78, 5) is 24.2. The highest BCUT2D eigenvalue weighted by Crippen LogP contribution is 2.32. The van der Waals surface area contributed by atoms with Crippen LogP contribution < -0.4 is 10.5 Å². The van der Waals surface area contributed by atoms with E-state index < -0.39 is 11.9 Å². The van der Waals surface area contributed by atoms with Crippen molar-refractivity contribution >= 4 is 28.5 Å². The summed E-state index contributed by atoms with van der Waals surface area (Å²) >= 11 is 1.33. The first kappa shape index (κ1) is 23.3. The van der Waals surface area contributed by atoms with Crippen LogP contribution in [-0.4, -0.2) is 67.5 Å². The van der Waals surface area contributed by atoms with Gasteiger partial charge in [-0.25, -0.2) is 9.37 Å². The SMILES string of the molecule is Cc1c[nH]c2nccc(Oc3ccc(CC(N)C(=O)N4CCN(Cc5csnn5)CC4)cc3F)c12. The third-order valence-corrected chi connectivity index (χ3v) is 6.75. The van der Waals surface area contributed by atoms with E-state index in [-0.39, 0.29) is 18.1 Å². The Kier molecular flexibility index (Phi) is 6.71. The summed E-state index contributed by atoms with van der Waals surface area (Å²) in [5.41, 5.74) is 9.45. The molecule has 0 aliphatic carbocycles. The van der Waals surface area contributed by atoms with Gasteiger partial charge in [0.25, 0.3) is 0 Å². The van der Waals surface area contributed by atoms with Crippen molar-refractivity contribution < 1.29 is 13.9 Å². The van der Waals surface area contributed by atoms with Crippen molar-refractivity contribution in [1.82, 2.24) is 29.4 Å². The molecule has 1 aromatic carbocycles. The van der Waals surface area contributed by atoms with Crippen molar-refractivity contribution in [2.45, 2.75) is 25.9 Å². The summed E-state index contributed by atoms with van der Waals surface area (Å²) < 4.78 is 24.6. The fraction of sp³-hybridized carbons (Fsp3) is 0.333. The van der Waals surface area contributed by atoms with Crippen molar-refractivity contribution in [2.24, 2.45) is 5.73 Å². The molecule has 3 N–H and O–H groups in total. The molecule has 182 valence electrons. The molecule has 1 fully saturated rings. The van der Waals surface area contributed by atoms with Crippen molar-refractivity contribution in [3.63, 3.8) is 0 Å². The van der Waals surface area contributed by atoms with Gasteiger partial charge in [0.2, 0.25) is 5.91 Å². The van der Waals surface area contributed by atoms with E-state index in [0.29, 0.717) is 30.0 Å². The van der Waals surface area contributed by atoms with Crippen LogP contribution in [0, 0.1) is 12.7 Å². The number of piperazine rings is 1. The predicted molar refractivity (Wildman–Crippen MR) is 131 cm³/mol. The molecule has 1 amide bonds. The quantitative estimate of drug-likeness (QED) is 0.405. The molecule has 1 aliphatic heterocycles. The molecule has 1 aliphatic rings. The van der Waals surface area contributed by atoms with Gasteiger partial charge in [0.1, 0.15) is 11.4 Å². The Morgan fingerprint density at radius 1 is 1.26 bits per heavy atom. The van der Waals surface area contributed by atoms with Crippen LogP contribution in [0.15, 0.2) is 42.0 Å². The Labute approximate surface area is 205 Å². The first-order valence-corrected chi connectivity index (χ1v) is 12.2. The van der Waals surface area contributed by atoms with Crippen molar-refractivity contribution in [1.29, 1.82) is 0 Å². The van der Waals surface area contributed by atoms with E-state index in [2.05, 4.69) is 24.5 Å². The predicted octanol–water partition coefficient (Wildman–Crippen LogP) is 2.87. The number of amides is 1. The zero-order valence-corrected chi connectivity index (χ0v) is 20.1. The number of ether oxygens (including phenoxy) is 1. The van der Waals surface area contributed by atoms with Gasteiger partial charge in [-0.3, -0.25) is 9.69 Å². The van der Waals surface area contributed by atoms with Crippen LogP contribution in [0.1, 0.15) is 16.8 Å². The minimum atomic E-state index is -0.738. The van der Waals surface area contributed by atoms with Crippen molar-refractivity contribution in [3.8, 4) is 11.5 Å². The standard InChI is InChI=1S/C24H26FN7O2S/c1-15-12-28-23-22(15)21(4-5-27-23)34-20-3-2-16(10-18(20)25)11-19(26)24(33)32-8-6-31(7-9-32)13-17-14-35-30-29-17/h2-5,10,12,14,19H,6-9,11,13,26H2,1H3,(H,27,28). The second-order valence-electron chi connectivity index (χ2n) is 8.68. The normalized spacial score (nSPS) is 15.5. The average molecular weight is 496 g/mol. The van der Waals surface area contributed by atoms with E-state index >= 15 is 0 Å². The Bertz CT molecular complexity index is 1320. The van der Waals surface area contributed by atoms with Gasteiger partial charge in [-0.05, 0) is 54.2 Å². The largest absolute Gasteiger partial charge is 0.453 e. The lowest BCUT2D eigenvalue weighted by atomic mass is 10.0. The molecule has 1 atom stereocenters. The number of nitrogens with one attached hydrogen (secondary N) is 1. The maximum atomic E-state index is 14.9. The van der Waals surface area contributed by atoms with Crippen LogP contribution in [0.4, 0.5) is 4.39 Å². The van der Waals surface area contributed by atoms with Crippen LogP contribution in [0.3, 0.4) is 0 Å². The Balaban J connectivity index is 1.18. The number of hydrogen-bond acceptors (Lipinski definition) is 8. The van der Waals surface area contributed by atoms with E-state index in [9.17, 15) is 9.18 Å². The van der Waals surface area contributed by atoms with E-state index in [4.69, 9.17) is 10.5 Å². The van der Waals surface area contributed by atoms with Gasteiger partial charge in [-0.1, -0.05) is 10.6 Å². The maximum Gasteiger partial charge on any atom is 0.239 e. The van der Waals surface area contributed by atoms with Gasteiger partial charge in [0, 0.05) is 50.5 Å². The monoisotopic (exact) mass is 495 g/mol. The summed E-state index contributed by atoms with van der Waals surface area (Å²) in [6, 6.07) is 5.66. The number of hydrogen-bond donors (Lipinski definition) is 2. The van der Waals surface area contributed by atoms with E-state index in [0.717, 1.165) is 36.3 Å². The highest BCUT2D eigenvalue weighted by Gasteiger charge is 2.26. The maximum absolute atomic E-state index is 14.9. The molecule has 35 heavy (non-hydrogen) atoms. The Morgan fingerprint density at radius 3 is 2.83 bits per heavy atom. The number of carbonyl (C=O) groups is 1. The third-order valence-electron chi connectivity index (χ3n) is 6.20. The summed E-state index contributed by atoms with van der Waals surface area (Å²) in [7, 11) is 0. The molecule has 4 aromatic rings. The number of nitrogens with zero attached hydrogens (tertiary/aromatic N) is 5. The van der Waals surface area contributed by atoms with Gasteiger partial charge in [0.15, 0.2) is 11.6 Å². The number of aryl methyl sites for hydroxylation is 1. The molecule has 11 heteroatoms. The molecule has 0 bridgehead atoms. The number of halogens is 1. The van der Waals surface area contributed by atoms with Gasteiger partial charge >= 0.3 is 0 Å². The van der Waals surface area contributed by atoms with E-state index in [1.165, 1.54) is 17.6 Å². The Morgan fingerprint density at radius 2 is 2.09 bits per heavy atom. The molecule has 0 radical (unpaired) electrons. The van der Waals surface area contributed by atoms with Crippen LogP contribution in [-0.2, 0) is 17.8 Å². The number of aromatic nitrogens is 4. The Hall–Kier alpha value is -3.41. The number of fused-ring (bicyclic) bond motifs is 1. The first-order chi connectivity index (χ1) is 17.0. The zero-order chi connectivity index (χ0) is 24.4. The van der Waals surface area contributed by atoms with Gasteiger partial charge in [-0.15, -0.1) is 5.10 Å². The van der Waals surface area contributed by atoms with Gasteiger partial charge in [-0.2, -0.15) is 0 Å².